The van der Waals surface area contributed by atoms with Gasteiger partial charge in [0.25, 0.3) is 0 Å². The molecular formula is C25H26N2O4S2. The van der Waals surface area contributed by atoms with Crippen molar-refractivity contribution in [2.45, 2.75) is 18.6 Å². The number of sulfonamides is 1. The summed E-state index contributed by atoms with van der Waals surface area (Å²) >= 11 is 1.70. The maximum atomic E-state index is 11.6. The second-order valence-corrected chi connectivity index (χ2v) is 10.7. The summed E-state index contributed by atoms with van der Waals surface area (Å²) in [6.45, 7) is 0.252. The maximum Gasteiger partial charge on any atom is 0.229 e. The summed E-state index contributed by atoms with van der Waals surface area (Å²) in [7, 11) is -3.56. The van der Waals surface area contributed by atoms with Crippen molar-refractivity contribution in [1.29, 1.82) is 0 Å². The van der Waals surface area contributed by atoms with Crippen LogP contribution in [0.25, 0.3) is 10.1 Å². The molecule has 1 heterocycles. The Balaban J connectivity index is 1.54. The van der Waals surface area contributed by atoms with Crippen LogP contribution in [0.15, 0.2) is 78.2 Å². The van der Waals surface area contributed by atoms with Crippen LogP contribution in [-0.4, -0.2) is 31.4 Å². The fraction of sp³-hybridized carbons (Fsp3) is 0.200. The van der Waals surface area contributed by atoms with Crippen molar-refractivity contribution in [3.8, 4) is 5.75 Å². The molecule has 0 aliphatic heterocycles. The number of hydrogen-bond acceptors (Lipinski definition) is 6. The number of hydrogen-bond donors (Lipinski definition) is 4. The van der Waals surface area contributed by atoms with Crippen LogP contribution in [0.4, 0.5) is 5.69 Å². The highest BCUT2D eigenvalue weighted by Crippen LogP contribution is 2.29. The van der Waals surface area contributed by atoms with Crippen LogP contribution in [0.1, 0.15) is 28.8 Å². The quantitative estimate of drug-likeness (QED) is 0.262. The number of anilines is 1. The van der Waals surface area contributed by atoms with E-state index in [-0.39, 0.29) is 24.0 Å². The summed E-state index contributed by atoms with van der Waals surface area (Å²) in [4.78, 5) is 0. The van der Waals surface area contributed by atoms with Crippen LogP contribution in [0, 0.1) is 0 Å². The zero-order valence-electron chi connectivity index (χ0n) is 18.1. The van der Waals surface area contributed by atoms with Gasteiger partial charge in [-0.15, -0.1) is 11.3 Å². The van der Waals surface area contributed by atoms with Crippen LogP contribution in [0.2, 0.25) is 0 Å². The van der Waals surface area contributed by atoms with Crippen molar-refractivity contribution in [3.05, 3.63) is 94.9 Å². The van der Waals surface area contributed by atoms with E-state index in [0.717, 1.165) is 18.2 Å². The van der Waals surface area contributed by atoms with Gasteiger partial charge in [-0.05, 0) is 64.2 Å². The number of thiophene rings is 1. The largest absolute Gasteiger partial charge is 0.506 e. The number of nitrogens with one attached hydrogen (secondary N) is 2. The molecule has 0 radical (unpaired) electrons. The highest BCUT2D eigenvalue weighted by molar-refractivity contribution is 7.92. The van der Waals surface area contributed by atoms with E-state index in [1.54, 1.807) is 17.4 Å². The monoisotopic (exact) mass is 482 g/mol. The lowest BCUT2D eigenvalue weighted by Crippen LogP contribution is -2.28. The van der Waals surface area contributed by atoms with Crippen LogP contribution < -0.4 is 10.0 Å². The predicted molar refractivity (Wildman–Crippen MR) is 134 cm³/mol. The minimum Gasteiger partial charge on any atom is -0.506 e. The number of phenols is 1. The van der Waals surface area contributed by atoms with Gasteiger partial charge in [-0.1, -0.05) is 42.5 Å². The normalized spacial score (nSPS) is 13.6. The van der Waals surface area contributed by atoms with E-state index < -0.39 is 16.1 Å². The van der Waals surface area contributed by atoms with Crippen molar-refractivity contribution in [2.75, 3.05) is 17.5 Å². The van der Waals surface area contributed by atoms with Gasteiger partial charge in [-0.3, -0.25) is 4.72 Å². The second kappa shape index (κ2) is 9.93. The summed E-state index contributed by atoms with van der Waals surface area (Å²) in [5, 5.41) is 27.5. The Kier molecular flexibility index (Phi) is 6.99. The Hall–Kier alpha value is -2.91. The molecule has 1 aromatic heterocycles. The smallest absolute Gasteiger partial charge is 0.229 e. The first-order valence-corrected chi connectivity index (χ1v) is 13.3. The number of fused-ring (bicyclic) bond motifs is 1. The molecule has 4 aromatic rings. The fourth-order valence-corrected chi connectivity index (χ4v) is 5.11. The lowest BCUT2D eigenvalue weighted by Gasteiger charge is -2.22. The van der Waals surface area contributed by atoms with Crippen molar-refractivity contribution < 1.29 is 18.6 Å². The molecule has 0 bridgehead atoms. The zero-order chi connectivity index (χ0) is 23.4. The van der Waals surface area contributed by atoms with Crippen molar-refractivity contribution in [3.63, 3.8) is 0 Å². The van der Waals surface area contributed by atoms with Crippen LogP contribution in [0.3, 0.4) is 0 Å². The Morgan fingerprint density at radius 3 is 2.48 bits per heavy atom. The van der Waals surface area contributed by atoms with Gasteiger partial charge < -0.3 is 15.5 Å². The number of aliphatic hydroxyl groups excluding tert-OH is 1. The molecule has 3 aromatic carbocycles. The third kappa shape index (κ3) is 6.11. The average molecular weight is 483 g/mol. The van der Waals surface area contributed by atoms with E-state index in [1.807, 2.05) is 18.2 Å². The summed E-state index contributed by atoms with van der Waals surface area (Å²) in [5.41, 5.74) is 2.84. The molecule has 0 aliphatic rings. The molecule has 172 valence electrons. The van der Waals surface area contributed by atoms with Crippen molar-refractivity contribution in [1.82, 2.24) is 5.32 Å². The Bertz CT molecular complexity index is 1340. The Morgan fingerprint density at radius 1 is 0.970 bits per heavy atom. The van der Waals surface area contributed by atoms with Crippen molar-refractivity contribution in [2.24, 2.45) is 0 Å². The summed E-state index contributed by atoms with van der Waals surface area (Å²) in [5.74, 6) is -0.199. The minimum absolute atomic E-state index is 0.0305. The first-order valence-electron chi connectivity index (χ1n) is 10.5. The maximum absolute atomic E-state index is 11.6. The van der Waals surface area contributed by atoms with Crippen LogP contribution in [0.5, 0.6) is 5.75 Å². The summed E-state index contributed by atoms with van der Waals surface area (Å²) in [6, 6.07) is 23.1. The van der Waals surface area contributed by atoms with E-state index in [0.29, 0.717) is 5.56 Å². The highest BCUT2D eigenvalue weighted by Gasteiger charge is 2.17. The number of rotatable bonds is 9. The van der Waals surface area contributed by atoms with Crippen LogP contribution in [-0.2, 0) is 16.4 Å². The SMILES string of the molecule is CS(=O)(=O)Nc1cc(C(O)CN[C@H](Cc2ccccc2)c2ccc3sccc3c2)ccc1O. The Labute approximate surface area is 197 Å². The highest BCUT2D eigenvalue weighted by atomic mass is 32.2. The number of aliphatic hydroxyl groups is 1. The van der Waals surface area contributed by atoms with Gasteiger partial charge >= 0.3 is 0 Å². The molecule has 0 amide bonds. The molecule has 1 unspecified atom stereocenters. The van der Waals surface area contributed by atoms with Gasteiger partial charge in [-0.25, -0.2) is 8.42 Å². The van der Waals surface area contributed by atoms with Gasteiger partial charge in [0.2, 0.25) is 10.0 Å². The Morgan fingerprint density at radius 2 is 1.73 bits per heavy atom. The average Bonchev–Trinajstić information content (AvgIpc) is 3.25. The first kappa shape index (κ1) is 23.3. The molecule has 0 spiro atoms. The molecule has 0 saturated heterocycles. The van der Waals surface area contributed by atoms with Gasteiger partial charge in [0.15, 0.2) is 0 Å². The van der Waals surface area contributed by atoms with E-state index in [4.69, 9.17) is 0 Å². The minimum atomic E-state index is -3.56. The molecule has 4 N–H and O–H groups in total. The zero-order valence-corrected chi connectivity index (χ0v) is 19.7. The molecule has 4 rings (SSSR count). The molecule has 2 atom stereocenters. The third-order valence-corrected chi connectivity index (χ3v) is 6.91. The molecule has 8 heteroatoms. The summed E-state index contributed by atoms with van der Waals surface area (Å²) in [6.07, 6.45) is 0.865. The summed E-state index contributed by atoms with van der Waals surface area (Å²) < 4.78 is 26.6. The molecular weight excluding hydrogens is 456 g/mol. The lowest BCUT2D eigenvalue weighted by molar-refractivity contribution is 0.169. The van der Waals surface area contributed by atoms with Crippen LogP contribution >= 0.6 is 11.3 Å². The van der Waals surface area contributed by atoms with Gasteiger partial charge in [0, 0.05) is 17.3 Å². The third-order valence-electron chi connectivity index (χ3n) is 5.42. The molecule has 0 aliphatic carbocycles. The lowest BCUT2D eigenvalue weighted by atomic mass is 9.97. The van der Waals surface area contributed by atoms with E-state index in [9.17, 15) is 18.6 Å². The van der Waals surface area contributed by atoms with E-state index >= 15 is 0 Å². The van der Waals surface area contributed by atoms with Gasteiger partial charge in [0.05, 0.1) is 18.0 Å². The fourth-order valence-electron chi connectivity index (χ4n) is 3.77. The number of benzene rings is 3. The number of aromatic hydroxyl groups is 1. The molecule has 6 nitrogen and oxygen atoms in total. The molecule has 0 fully saturated rings. The van der Waals surface area contributed by atoms with Gasteiger partial charge in [0.1, 0.15) is 5.75 Å². The van der Waals surface area contributed by atoms with E-state index in [2.05, 4.69) is 51.8 Å². The molecule has 33 heavy (non-hydrogen) atoms. The van der Waals surface area contributed by atoms with Gasteiger partial charge in [-0.2, -0.15) is 0 Å². The first-order chi connectivity index (χ1) is 15.8. The molecule has 0 saturated carbocycles. The standard InChI is InChI=1S/C25H26N2O4S2/c1-33(30,31)27-22-15-19(7-9-23(22)28)24(29)16-26-21(13-17-5-3-2-4-6-17)18-8-10-25-20(14-18)11-12-32-25/h2-12,14-15,21,24,26-29H,13,16H2,1H3/t21-,24?/m1/s1. The second-order valence-electron chi connectivity index (χ2n) is 8.04. The topological polar surface area (TPSA) is 98.7 Å². The van der Waals surface area contributed by atoms with E-state index in [1.165, 1.54) is 27.8 Å². The number of phenolic OH excluding ortho intramolecular Hbond substituents is 1. The van der Waals surface area contributed by atoms with Crippen molar-refractivity contribution >= 4 is 37.1 Å². The predicted octanol–water partition coefficient (Wildman–Crippen LogP) is 4.59.